The summed E-state index contributed by atoms with van der Waals surface area (Å²) >= 11 is 1.45. The number of fused-ring (bicyclic) bond motifs is 1. The van der Waals surface area contributed by atoms with Crippen molar-refractivity contribution in [2.24, 2.45) is 0 Å². The molecule has 4 rings (SSSR count). The summed E-state index contributed by atoms with van der Waals surface area (Å²) < 4.78 is 5.40. The molecule has 0 saturated heterocycles. The lowest BCUT2D eigenvalue weighted by atomic mass is 10.0. The van der Waals surface area contributed by atoms with Crippen molar-refractivity contribution in [3.63, 3.8) is 0 Å². The lowest BCUT2D eigenvalue weighted by Gasteiger charge is -2.06. The summed E-state index contributed by atoms with van der Waals surface area (Å²) in [6.45, 7) is 6.14. The molecular formula is C22H18N2O4S. The minimum Gasteiger partial charge on any atom is -0.422 e. The first-order valence-electron chi connectivity index (χ1n) is 9.17. The van der Waals surface area contributed by atoms with Crippen molar-refractivity contribution in [3.05, 3.63) is 79.0 Å². The molecule has 0 fully saturated rings. The van der Waals surface area contributed by atoms with Gasteiger partial charge < -0.3 is 4.42 Å². The van der Waals surface area contributed by atoms with Gasteiger partial charge in [-0.1, -0.05) is 30.7 Å². The number of rotatable bonds is 4. The smallest absolute Gasteiger partial charge is 0.346 e. The van der Waals surface area contributed by atoms with E-state index >= 15 is 0 Å². The van der Waals surface area contributed by atoms with Crippen LogP contribution in [0.1, 0.15) is 22.9 Å². The molecule has 0 aliphatic rings. The molecule has 2 heterocycles. The van der Waals surface area contributed by atoms with E-state index in [0.29, 0.717) is 21.5 Å². The summed E-state index contributed by atoms with van der Waals surface area (Å²) in [5, 5.41) is 12.1. The van der Waals surface area contributed by atoms with Crippen molar-refractivity contribution in [2.75, 3.05) is 0 Å². The molecule has 7 heteroatoms. The molecule has 0 atom stereocenters. The van der Waals surface area contributed by atoms with E-state index in [1.54, 1.807) is 6.07 Å². The average Bonchev–Trinajstić information content (AvgIpc) is 3.10. The van der Waals surface area contributed by atoms with Gasteiger partial charge in [0, 0.05) is 28.0 Å². The standard InChI is InChI=1S/C22H18N2O4S/c1-4-19-20(16-7-5-12(2)9-13(16)3)23-21(29-19)17-11-14-10-15(24(26)27)6-8-18(14)28-22(17)25/h5-11H,4H2,1-3H3. The minimum atomic E-state index is -0.505. The van der Waals surface area contributed by atoms with Crippen LogP contribution >= 0.6 is 11.3 Å². The number of nitrogens with zero attached hydrogens (tertiary/aromatic N) is 2. The van der Waals surface area contributed by atoms with E-state index in [0.717, 1.165) is 28.1 Å². The first-order chi connectivity index (χ1) is 13.9. The van der Waals surface area contributed by atoms with Crippen LogP contribution in [0.4, 0.5) is 5.69 Å². The number of non-ortho nitro benzene ring substituents is 1. The molecular weight excluding hydrogens is 388 g/mol. The third-order valence-electron chi connectivity index (χ3n) is 4.81. The quantitative estimate of drug-likeness (QED) is 0.247. The summed E-state index contributed by atoms with van der Waals surface area (Å²) in [5.41, 5.74) is 4.27. The highest BCUT2D eigenvalue weighted by molar-refractivity contribution is 7.15. The van der Waals surface area contributed by atoms with E-state index in [1.807, 2.05) is 19.9 Å². The van der Waals surface area contributed by atoms with Gasteiger partial charge in [0.1, 0.15) is 10.6 Å². The Labute approximate surface area is 170 Å². The van der Waals surface area contributed by atoms with Gasteiger partial charge in [-0.3, -0.25) is 10.1 Å². The second-order valence-electron chi connectivity index (χ2n) is 6.89. The molecule has 2 aromatic carbocycles. The second-order valence-corrected chi connectivity index (χ2v) is 7.97. The molecule has 2 aromatic heterocycles. The molecule has 4 aromatic rings. The molecule has 0 unspecified atom stereocenters. The van der Waals surface area contributed by atoms with E-state index < -0.39 is 10.5 Å². The predicted octanol–water partition coefficient (Wildman–Crippen LogP) is 5.67. The monoisotopic (exact) mass is 406 g/mol. The average molecular weight is 406 g/mol. The van der Waals surface area contributed by atoms with Gasteiger partial charge in [-0.25, -0.2) is 9.78 Å². The Balaban J connectivity index is 1.89. The van der Waals surface area contributed by atoms with E-state index in [2.05, 4.69) is 19.1 Å². The van der Waals surface area contributed by atoms with Crippen molar-refractivity contribution in [1.29, 1.82) is 0 Å². The first kappa shape index (κ1) is 19.0. The number of thiazole rings is 1. The molecule has 0 aliphatic heterocycles. The van der Waals surface area contributed by atoms with Crippen LogP contribution in [0.5, 0.6) is 0 Å². The zero-order chi connectivity index (χ0) is 20.7. The van der Waals surface area contributed by atoms with Gasteiger partial charge in [0.05, 0.1) is 16.2 Å². The Hall–Kier alpha value is -3.32. The van der Waals surface area contributed by atoms with Crippen molar-refractivity contribution < 1.29 is 9.34 Å². The zero-order valence-corrected chi connectivity index (χ0v) is 17.0. The Bertz CT molecular complexity index is 1320. The third kappa shape index (κ3) is 3.45. The minimum absolute atomic E-state index is 0.0540. The molecule has 0 spiro atoms. The molecule has 0 saturated carbocycles. The number of benzene rings is 2. The van der Waals surface area contributed by atoms with Gasteiger partial charge >= 0.3 is 5.63 Å². The first-order valence-corrected chi connectivity index (χ1v) is 9.99. The van der Waals surface area contributed by atoms with E-state index in [1.165, 1.54) is 35.1 Å². The fraction of sp³-hybridized carbons (Fsp3) is 0.182. The normalized spacial score (nSPS) is 11.1. The number of aryl methyl sites for hydroxylation is 3. The van der Waals surface area contributed by atoms with Crippen molar-refractivity contribution in [2.45, 2.75) is 27.2 Å². The van der Waals surface area contributed by atoms with Crippen LogP contribution in [-0.2, 0) is 6.42 Å². The van der Waals surface area contributed by atoms with E-state index in [-0.39, 0.29) is 5.69 Å². The lowest BCUT2D eigenvalue weighted by Crippen LogP contribution is -2.02. The van der Waals surface area contributed by atoms with Crippen molar-refractivity contribution >= 4 is 28.0 Å². The highest BCUT2D eigenvalue weighted by Gasteiger charge is 2.19. The zero-order valence-electron chi connectivity index (χ0n) is 16.2. The number of aromatic nitrogens is 1. The van der Waals surface area contributed by atoms with Crippen LogP contribution in [0.15, 0.2) is 51.7 Å². The summed E-state index contributed by atoms with van der Waals surface area (Å²) in [6, 6.07) is 12.0. The van der Waals surface area contributed by atoms with E-state index in [4.69, 9.17) is 9.40 Å². The van der Waals surface area contributed by atoms with Gasteiger partial charge in [0.25, 0.3) is 5.69 Å². The molecule has 29 heavy (non-hydrogen) atoms. The van der Waals surface area contributed by atoms with Gasteiger partial charge in [0.2, 0.25) is 0 Å². The van der Waals surface area contributed by atoms with Gasteiger partial charge in [-0.2, -0.15) is 0 Å². The van der Waals surface area contributed by atoms with Crippen LogP contribution in [0.3, 0.4) is 0 Å². The van der Waals surface area contributed by atoms with Crippen LogP contribution in [0, 0.1) is 24.0 Å². The summed E-state index contributed by atoms with van der Waals surface area (Å²) in [6.07, 6.45) is 0.782. The maximum absolute atomic E-state index is 12.6. The van der Waals surface area contributed by atoms with Gasteiger partial charge in [-0.05, 0) is 38.0 Å². The molecule has 146 valence electrons. The van der Waals surface area contributed by atoms with Crippen LogP contribution < -0.4 is 5.63 Å². The molecule has 0 radical (unpaired) electrons. The maximum atomic E-state index is 12.6. The lowest BCUT2D eigenvalue weighted by molar-refractivity contribution is -0.384. The van der Waals surface area contributed by atoms with Crippen LogP contribution in [-0.4, -0.2) is 9.91 Å². The van der Waals surface area contributed by atoms with Crippen LogP contribution in [0.25, 0.3) is 32.8 Å². The predicted molar refractivity (Wildman–Crippen MR) is 115 cm³/mol. The summed E-state index contributed by atoms with van der Waals surface area (Å²) in [5.74, 6) is 0. The SMILES string of the molecule is CCc1sc(-c2cc3cc([N+](=O)[O-])ccc3oc2=O)nc1-c1ccc(C)cc1C. The maximum Gasteiger partial charge on any atom is 0.346 e. The Morgan fingerprint density at radius 1 is 1.10 bits per heavy atom. The number of nitro groups is 1. The van der Waals surface area contributed by atoms with Crippen molar-refractivity contribution in [1.82, 2.24) is 4.98 Å². The second kappa shape index (κ2) is 7.25. The van der Waals surface area contributed by atoms with Crippen molar-refractivity contribution in [3.8, 4) is 21.8 Å². The highest BCUT2D eigenvalue weighted by atomic mass is 32.1. The largest absolute Gasteiger partial charge is 0.422 e. The fourth-order valence-electron chi connectivity index (χ4n) is 3.37. The fourth-order valence-corrected chi connectivity index (χ4v) is 4.39. The number of hydrogen-bond acceptors (Lipinski definition) is 6. The van der Waals surface area contributed by atoms with E-state index in [9.17, 15) is 14.9 Å². The number of hydrogen-bond donors (Lipinski definition) is 0. The molecule has 0 amide bonds. The third-order valence-corrected chi connectivity index (χ3v) is 6.05. The molecule has 6 nitrogen and oxygen atoms in total. The van der Waals surface area contributed by atoms with Gasteiger partial charge in [0.15, 0.2) is 0 Å². The van der Waals surface area contributed by atoms with Gasteiger partial charge in [-0.15, -0.1) is 11.3 Å². The van der Waals surface area contributed by atoms with Crippen LogP contribution in [0.2, 0.25) is 0 Å². The number of nitro benzene ring substituents is 1. The Morgan fingerprint density at radius 3 is 2.59 bits per heavy atom. The summed E-state index contributed by atoms with van der Waals surface area (Å²) in [7, 11) is 0. The molecule has 0 N–H and O–H groups in total. The summed E-state index contributed by atoms with van der Waals surface area (Å²) in [4.78, 5) is 29.0. The Kier molecular flexibility index (Phi) is 4.76. The molecule has 0 bridgehead atoms. The highest BCUT2D eigenvalue weighted by Crippen LogP contribution is 2.35. The molecule has 0 aliphatic carbocycles. The topological polar surface area (TPSA) is 86.2 Å². The Morgan fingerprint density at radius 2 is 1.90 bits per heavy atom.